The first-order chi connectivity index (χ1) is 17.5. The first-order valence-corrected chi connectivity index (χ1v) is 13.6. The number of sulfonamides is 1. The minimum Gasteiger partial charge on any atom is -0.369 e. The normalized spacial score (nSPS) is 14.6. The molecule has 36 heavy (non-hydrogen) atoms. The molecule has 1 aliphatic heterocycles. The molecule has 1 fully saturated rings. The van der Waals surface area contributed by atoms with Crippen LogP contribution in [0.5, 0.6) is 0 Å². The minimum absolute atomic E-state index is 0.0429. The maximum atomic E-state index is 13.5. The second-order valence-corrected chi connectivity index (χ2v) is 10.9. The van der Waals surface area contributed by atoms with Crippen LogP contribution in [0.2, 0.25) is 0 Å². The number of hydrogen-bond acceptors (Lipinski definition) is 5. The number of nitrogens with zero attached hydrogens (tertiary/aromatic N) is 5. The van der Waals surface area contributed by atoms with E-state index in [1.54, 1.807) is 11.6 Å². The zero-order valence-electron chi connectivity index (χ0n) is 20.4. The summed E-state index contributed by atoms with van der Waals surface area (Å²) in [6.07, 6.45) is 3.05. The third-order valence-electron chi connectivity index (χ3n) is 6.53. The molecule has 5 rings (SSSR count). The van der Waals surface area contributed by atoms with Crippen LogP contribution < -0.4 is 9.21 Å². The second kappa shape index (κ2) is 10.6. The van der Waals surface area contributed by atoms with Gasteiger partial charge < -0.3 is 9.47 Å². The molecule has 0 spiro atoms. The number of anilines is 2. The number of imidazole rings is 1. The van der Waals surface area contributed by atoms with E-state index in [1.165, 1.54) is 28.1 Å². The van der Waals surface area contributed by atoms with Crippen molar-refractivity contribution in [1.82, 2.24) is 14.5 Å². The maximum Gasteiger partial charge on any atom is 0.283 e. The van der Waals surface area contributed by atoms with E-state index in [9.17, 15) is 8.42 Å². The third-order valence-corrected chi connectivity index (χ3v) is 8.19. The van der Waals surface area contributed by atoms with Gasteiger partial charge in [-0.1, -0.05) is 60.7 Å². The molecule has 0 unspecified atom stereocenters. The van der Waals surface area contributed by atoms with Crippen molar-refractivity contribution in [3.63, 3.8) is 0 Å². The van der Waals surface area contributed by atoms with Gasteiger partial charge in [0.1, 0.15) is 0 Å². The molecular weight excluding hydrogens is 470 g/mol. The van der Waals surface area contributed by atoms with E-state index in [-0.39, 0.29) is 11.6 Å². The number of aryl methyl sites for hydroxylation is 1. The number of para-hydroxylation sites is 1. The van der Waals surface area contributed by atoms with Gasteiger partial charge in [0.25, 0.3) is 10.0 Å². The largest absolute Gasteiger partial charge is 0.369 e. The SMILES string of the molecule is Cn1cnc(S(=O)(=O)N(Cc2ccccc2)c2ccc(CN3CCN(c4ccccc4)CC3)cc2)c1. The molecule has 0 bridgehead atoms. The predicted octanol–water partition coefficient (Wildman–Crippen LogP) is 4.14. The summed E-state index contributed by atoms with van der Waals surface area (Å²) in [5.41, 5.74) is 3.98. The van der Waals surface area contributed by atoms with Crippen LogP contribution in [-0.4, -0.2) is 49.0 Å². The highest BCUT2D eigenvalue weighted by atomic mass is 32.2. The molecule has 0 atom stereocenters. The lowest BCUT2D eigenvalue weighted by Crippen LogP contribution is -2.45. The molecule has 0 saturated carbocycles. The molecule has 0 radical (unpaired) electrons. The van der Waals surface area contributed by atoms with Crippen molar-refractivity contribution in [2.24, 2.45) is 7.05 Å². The molecule has 8 heteroatoms. The van der Waals surface area contributed by atoms with Gasteiger partial charge in [0.2, 0.25) is 0 Å². The third kappa shape index (κ3) is 5.45. The number of rotatable bonds is 8. The van der Waals surface area contributed by atoms with Crippen molar-refractivity contribution in [1.29, 1.82) is 0 Å². The molecule has 1 saturated heterocycles. The lowest BCUT2D eigenvalue weighted by atomic mass is 10.1. The van der Waals surface area contributed by atoms with Crippen LogP contribution in [0.25, 0.3) is 0 Å². The molecule has 1 aliphatic rings. The lowest BCUT2D eigenvalue weighted by molar-refractivity contribution is 0.250. The molecule has 3 aromatic carbocycles. The smallest absolute Gasteiger partial charge is 0.283 e. The Balaban J connectivity index is 1.30. The van der Waals surface area contributed by atoms with Crippen LogP contribution in [0.3, 0.4) is 0 Å². The molecule has 0 aliphatic carbocycles. The summed E-state index contributed by atoms with van der Waals surface area (Å²) in [6, 6.07) is 28.0. The van der Waals surface area contributed by atoms with E-state index in [2.05, 4.69) is 39.0 Å². The molecule has 1 aromatic heterocycles. The van der Waals surface area contributed by atoms with Gasteiger partial charge in [-0.15, -0.1) is 0 Å². The van der Waals surface area contributed by atoms with E-state index in [4.69, 9.17) is 0 Å². The van der Waals surface area contributed by atoms with Crippen molar-refractivity contribution >= 4 is 21.4 Å². The van der Waals surface area contributed by atoms with Crippen LogP contribution in [-0.2, 0) is 30.2 Å². The van der Waals surface area contributed by atoms with Gasteiger partial charge in [-0.25, -0.2) is 4.98 Å². The van der Waals surface area contributed by atoms with Crippen LogP contribution in [0.1, 0.15) is 11.1 Å². The van der Waals surface area contributed by atoms with Crippen LogP contribution in [0.15, 0.2) is 102 Å². The van der Waals surface area contributed by atoms with Crippen molar-refractivity contribution in [3.05, 3.63) is 109 Å². The van der Waals surface area contributed by atoms with Gasteiger partial charge in [-0.2, -0.15) is 8.42 Å². The van der Waals surface area contributed by atoms with Crippen molar-refractivity contribution < 1.29 is 8.42 Å². The second-order valence-electron chi connectivity index (χ2n) is 9.14. The van der Waals surface area contributed by atoms with Gasteiger partial charge >= 0.3 is 0 Å². The Morgan fingerprint density at radius 1 is 0.806 bits per heavy atom. The highest BCUT2D eigenvalue weighted by Gasteiger charge is 2.27. The summed E-state index contributed by atoms with van der Waals surface area (Å²) in [5.74, 6) is 0. The van der Waals surface area contributed by atoms with Gasteiger partial charge in [0.05, 0.1) is 18.6 Å². The monoisotopic (exact) mass is 501 g/mol. The first-order valence-electron chi connectivity index (χ1n) is 12.1. The fourth-order valence-electron chi connectivity index (χ4n) is 4.53. The van der Waals surface area contributed by atoms with Crippen LogP contribution >= 0.6 is 0 Å². The Hall–Kier alpha value is -3.62. The Labute approximate surface area is 213 Å². The standard InChI is InChI=1S/C28H31N5O2S/c1-30-22-28(29-23-30)36(34,35)33(21-24-8-4-2-5-9-24)27-14-12-25(13-15-27)20-31-16-18-32(19-17-31)26-10-6-3-7-11-26/h2-15,22-23H,16-21H2,1H3. The summed E-state index contributed by atoms with van der Waals surface area (Å²) in [5, 5.41) is 0.0429. The Kier molecular flexibility index (Phi) is 7.06. The highest BCUT2D eigenvalue weighted by Crippen LogP contribution is 2.26. The summed E-state index contributed by atoms with van der Waals surface area (Å²) < 4.78 is 30.2. The molecule has 186 valence electrons. The molecule has 0 amide bonds. The summed E-state index contributed by atoms with van der Waals surface area (Å²) in [6.45, 7) is 5.05. The van der Waals surface area contributed by atoms with E-state index in [0.717, 1.165) is 38.3 Å². The molecule has 2 heterocycles. The van der Waals surface area contributed by atoms with E-state index < -0.39 is 10.0 Å². The number of piperazine rings is 1. The fourth-order valence-corrected chi connectivity index (χ4v) is 5.95. The topological polar surface area (TPSA) is 61.7 Å². The van der Waals surface area contributed by atoms with Crippen molar-refractivity contribution in [2.45, 2.75) is 18.1 Å². The number of hydrogen-bond donors (Lipinski definition) is 0. The summed E-state index contributed by atoms with van der Waals surface area (Å²) >= 11 is 0. The highest BCUT2D eigenvalue weighted by molar-refractivity contribution is 7.92. The summed E-state index contributed by atoms with van der Waals surface area (Å²) in [7, 11) is -2.05. The van der Waals surface area contributed by atoms with E-state index in [0.29, 0.717) is 5.69 Å². The predicted molar refractivity (Wildman–Crippen MR) is 143 cm³/mol. The van der Waals surface area contributed by atoms with Crippen molar-refractivity contribution in [3.8, 4) is 0 Å². The van der Waals surface area contributed by atoms with Gasteiger partial charge in [0.15, 0.2) is 5.03 Å². The zero-order valence-corrected chi connectivity index (χ0v) is 21.3. The summed E-state index contributed by atoms with van der Waals surface area (Å²) in [4.78, 5) is 8.99. The first kappa shape index (κ1) is 24.1. The molecular formula is C28H31N5O2S. The number of aromatic nitrogens is 2. The Morgan fingerprint density at radius 3 is 2.06 bits per heavy atom. The minimum atomic E-state index is -3.82. The Bertz CT molecular complexity index is 1360. The average molecular weight is 502 g/mol. The zero-order chi connectivity index (χ0) is 25.0. The number of benzene rings is 3. The van der Waals surface area contributed by atoms with Crippen LogP contribution in [0.4, 0.5) is 11.4 Å². The van der Waals surface area contributed by atoms with E-state index >= 15 is 0 Å². The van der Waals surface area contributed by atoms with Gasteiger partial charge in [-0.05, 0) is 35.4 Å². The van der Waals surface area contributed by atoms with E-state index in [1.807, 2.05) is 60.7 Å². The quantitative estimate of drug-likeness (QED) is 0.363. The van der Waals surface area contributed by atoms with Crippen molar-refractivity contribution in [2.75, 3.05) is 35.4 Å². The molecule has 0 N–H and O–H groups in total. The maximum absolute atomic E-state index is 13.5. The lowest BCUT2D eigenvalue weighted by Gasteiger charge is -2.36. The molecule has 4 aromatic rings. The molecule has 7 nitrogen and oxygen atoms in total. The average Bonchev–Trinajstić information content (AvgIpc) is 3.37. The Morgan fingerprint density at radius 2 is 1.44 bits per heavy atom. The van der Waals surface area contributed by atoms with Gasteiger partial charge in [0, 0.05) is 51.7 Å². The van der Waals surface area contributed by atoms with Gasteiger partial charge in [-0.3, -0.25) is 9.21 Å². The van der Waals surface area contributed by atoms with Crippen LogP contribution in [0, 0.1) is 0 Å². The fraction of sp³-hybridized carbons (Fsp3) is 0.250.